The molecule has 1 aliphatic carbocycles. The molecule has 0 radical (unpaired) electrons. The van der Waals surface area contributed by atoms with Gasteiger partial charge in [0, 0.05) is 17.1 Å². The van der Waals surface area contributed by atoms with Crippen LogP contribution in [0.3, 0.4) is 0 Å². The summed E-state index contributed by atoms with van der Waals surface area (Å²) in [6.07, 6.45) is 2.09. The molecular weight excluding hydrogens is 261 g/mol. The van der Waals surface area contributed by atoms with Gasteiger partial charge in [-0.15, -0.1) is 11.3 Å². The van der Waals surface area contributed by atoms with Crippen molar-refractivity contribution in [3.05, 3.63) is 16.1 Å². The molecule has 2 N–H and O–H groups in total. The van der Waals surface area contributed by atoms with E-state index in [-0.39, 0.29) is 11.5 Å². The van der Waals surface area contributed by atoms with Gasteiger partial charge in [0.2, 0.25) is 0 Å². The minimum Gasteiger partial charge on any atom is -0.323 e. The second-order valence-corrected chi connectivity index (χ2v) is 6.03. The first-order valence-corrected chi connectivity index (χ1v) is 6.99. The molecule has 1 aromatic rings. The molecule has 1 unspecified atom stereocenters. The monoisotopic (exact) mass is 278 g/mol. The molecule has 2 rings (SSSR count). The minimum atomic E-state index is -4.36. The highest BCUT2D eigenvalue weighted by Crippen LogP contribution is 2.50. The molecule has 1 saturated carbocycles. The van der Waals surface area contributed by atoms with Crippen molar-refractivity contribution in [1.29, 1.82) is 0 Å². The summed E-state index contributed by atoms with van der Waals surface area (Å²) in [5.41, 5.74) is 6.17. The summed E-state index contributed by atoms with van der Waals surface area (Å²) in [5, 5.41) is -0.794. The van der Waals surface area contributed by atoms with Crippen LogP contribution in [0, 0.1) is 5.41 Å². The highest BCUT2D eigenvalue weighted by Gasteiger charge is 2.41. The fourth-order valence-corrected chi connectivity index (χ4v) is 3.75. The van der Waals surface area contributed by atoms with Crippen LogP contribution in [-0.4, -0.2) is 4.98 Å². The SMILES string of the molecule is CCC1(C(N)c2cnc(C(F)(F)F)s2)CCCC1. The van der Waals surface area contributed by atoms with E-state index in [4.69, 9.17) is 5.73 Å². The number of hydrogen-bond acceptors (Lipinski definition) is 3. The van der Waals surface area contributed by atoms with Crippen LogP contribution >= 0.6 is 11.3 Å². The Hall–Kier alpha value is -0.620. The lowest BCUT2D eigenvalue weighted by atomic mass is 9.76. The third-order valence-electron chi connectivity index (χ3n) is 4.04. The first kappa shape index (κ1) is 13.8. The molecule has 1 heterocycles. The van der Waals surface area contributed by atoms with Crippen LogP contribution in [0.15, 0.2) is 6.20 Å². The highest BCUT2D eigenvalue weighted by molar-refractivity contribution is 7.11. The van der Waals surface area contributed by atoms with Crippen molar-refractivity contribution in [2.45, 2.75) is 51.2 Å². The molecule has 0 aliphatic heterocycles. The quantitative estimate of drug-likeness (QED) is 0.902. The van der Waals surface area contributed by atoms with E-state index in [1.807, 2.05) is 0 Å². The summed E-state index contributed by atoms with van der Waals surface area (Å²) < 4.78 is 37.6. The second-order valence-electron chi connectivity index (χ2n) is 4.97. The molecule has 0 saturated heterocycles. The van der Waals surface area contributed by atoms with Crippen molar-refractivity contribution < 1.29 is 13.2 Å². The maximum absolute atomic E-state index is 12.5. The number of aromatic nitrogens is 1. The summed E-state index contributed by atoms with van der Waals surface area (Å²) in [7, 11) is 0. The zero-order chi connectivity index (χ0) is 13.4. The first-order valence-electron chi connectivity index (χ1n) is 6.17. The molecule has 1 aromatic heterocycles. The number of thiazole rings is 1. The maximum Gasteiger partial charge on any atom is 0.443 e. The van der Waals surface area contributed by atoms with E-state index in [9.17, 15) is 13.2 Å². The smallest absolute Gasteiger partial charge is 0.323 e. The van der Waals surface area contributed by atoms with Gasteiger partial charge in [-0.1, -0.05) is 19.8 Å². The molecule has 1 atom stereocenters. The van der Waals surface area contributed by atoms with E-state index < -0.39 is 11.2 Å². The number of rotatable bonds is 3. The topological polar surface area (TPSA) is 38.9 Å². The average molecular weight is 278 g/mol. The average Bonchev–Trinajstić information content (AvgIpc) is 2.97. The van der Waals surface area contributed by atoms with Gasteiger partial charge in [-0.3, -0.25) is 0 Å². The molecule has 6 heteroatoms. The predicted octanol–water partition coefficient (Wildman–Crippen LogP) is 4.13. The number of halogens is 3. The number of hydrogen-bond donors (Lipinski definition) is 1. The van der Waals surface area contributed by atoms with Gasteiger partial charge in [-0.05, 0) is 24.7 Å². The van der Waals surface area contributed by atoms with Crippen molar-refractivity contribution >= 4 is 11.3 Å². The second kappa shape index (κ2) is 4.81. The Morgan fingerprint density at radius 2 is 2.06 bits per heavy atom. The predicted molar refractivity (Wildman–Crippen MR) is 65.2 cm³/mol. The largest absolute Gasteiger partial charge is 0.443 e. The molecule has 0 spiro atoms. The van der Waals surface area contributed by atoms with Crippen molar-refractivity contribution in [2.24, 2.45) is 11.1 Å². The molecule has 102 valence electrons. The summed E-state index contributed by atoms with van der Waals surface area (Å²) in [5.74, 6) is 0. The lowest BCUT2D eigenvalue weighted by molar-refractivity contribution is -0.137. The molecule has 2 nitrogen and oxygen atoms in total. The Balaban J connectivity index is 2.23. The van der Waals surface area contributed by atoms with Crippen LogP contribution in [0.4, 0.5) is 13.2 Å². The minimum absolute atomic E-state index is 0.0323. The first-order chi connectivity index (χ1) is 8.39. The highest BCUT2D eigenvalue weighted by atomic mass is 32.1. The molecule has 1 fully saturated rings. The lowest BCUT2D eigenvalue weighted by Gasteiger charge is -2.33. The third kappa shape index (κ3) is 2.40. The van der Waals surface area contributed by atoms with Crippen LogP contribution in [-0.2, 0) is 6.18 Å². The Morgan fingerprint density at radius 3 is 2.50 bits per heavy atom. The Bertz CT molecular complexity index is 408. The number of nitrogens with zero attached hydrogens (tertiary/aromatic N) is 1. The van der Waals surface area contributed by atoms with E-state index in [0.717, 1.165) is 32.1 Å². The van der Waals surface area contributed by atoms with E-state index in [1.54, 1.807) is 0 Å². The van der Waals surface area contributed by atoms with Gasteiger partial charge in [-0.2, -0.15) is 13.2 Å². The molecular formula is C12H17F3N2S. The molecule has 0 bridgehead atoms. The summed E-state index contributed by atoms with van der Waals surface area (Å²) in [6.45, 7) is 2.07. The van der Waals surface area contributed by atoms with Gasteiger partial charge in [0.15, 0.2) is 5.01 Å². The van der Waals surface area contributed by atoms with Crippen LogP contribution < -0.4 is 5.73 Å². The van der Waals surface area contributed by atoms with E-state index in [0.29, 0.717) is 16.2 Å². The Kier molecular flexibility index (Phi) is 3.69. The Morgan fingerprint density at radius 1 is 1.44 bits per heavy atom. The number of alkyl halides is 3. The Labute approximate surface area is 108 Å². The fourth-order valence-electron chi connectivity index (χ4n) is 2.83. The zero-order valence-corrected chi connectivity index (χ0v) is 11.1. The summed E-state index contributed by atoms with van der Waals surface area (Å²) in [4.78, 5) is 4.02. The van der Waals surface area contributed by atoms with Gasteiger partial charge < -0.3 is 5.73 Å². The van der Waals surface area contributed by atoms with Crippen LogP contribution in [0.1, 0.15) is 55.0 Å². The summed E-state index contributed by atoms with van der Waals surface area (Å²) >= 11 is 0.688. The van der Waals surface area contributed by atoms with E-state index in [1.165, 1.54) is 6.20 Å². The van der Waals surface area contributed by atoms with E-state index in [2.05, 4.69) is 11.9 Å². The van der Waals surface area contributed by atoms with Crippen molar-refractivity contribution in [2.75, 3.05) is 0 Å². The van der Waals surface area contributed by atoms with Gasteiger partial charge in [-0.25, -0.2) is 4.98 Å². The van der Waals surface area contributed by atoms with Gasteiger partial charge in [0.1, 0.15) is 0 Å². The van der Waals surface area contributed by atoms with Crippen LogP contribution in [0.25, 0.3) is 0 Å². The van der Waals surface area contributed by atoms with Gasteiger partial charge in [0.05, 0.1) is 0 Å². The molecule has 0 aromatic carbocycles. The van der Waals surface area contributed by atoms with Crippen LogP contribution in [0.2, 0.25) is 0 Å². The van der Waals surface area contributed by atoms with Gasteiger partial charge >= 0.3 is 6.18 Å². The van der Waals surface area contributed by atoms with Crippen molar-refractivity contribution in [3.8, 4) is 0 Å². The zero-order valence-electron chi connectivity index (χ0n) is 10.3. The van der Waals surface area contributed by atoms with Gasteiger partial charge in [0.25, 0.3) is 0 Å². The van der Waals surface area contributed by atoms with Crippen molar-refractivity contribution in [1.82, 2.24) is 4.98 Å². The summed E-state index contributed by atoms with van der Waals surface area (Å²) in [6, 6.07) is -0.321. The fraction of sp³-hybridized carbons (Fsp3) is 0.750. The standard InChI is InChI=1S/C12H17F3N2S/c1-2-11(5-3-4-6-11)9(16)8-7-17-10(18-8)12(13,14)15/h7,9H,2-6,16H2,1H3. The third-order valence-corrected chi connectivity index (χ3v) is 5.16. The van der Waals surface area contributed by atoms with E-state index >= 15 is 0 Å². The maximum atomic E-state index is 12.5. The van der Waals surface area contributed by atoms with Crippen LogP contribution in [0.5, 0.6) is 0 Å². The lowest BCUT2D eigenvalue weighted by Crippen LogP contribution is -2.31. The molecule has 1 aliphatic rings. The van der Waals surface area contributed by atoms with Crippen molar-refractivity contribution in [3.63, 3.8) is 0 Å². The molecule has 0 amide bonds. The number of nitrogens with two attached hydrogens (primary N) is 1. The molecule has 18 heavy (non-hydrogen) atoms. The normalized spacial score (nSPS) is 21.2.